The molecule has 0 saturated heterocycles. The second kappa shape index (κ2) is 7.63. The summed E-state index contributed by atoms with van der Waals surface area (Å²) in [5.74, 6) is 0.188. The fourth-order valence-electron chi connectivity index (χ4n) is 5.59. The lowest BCUT2D eigenvalue weighted by Gasteiger charge is -2.31. The van der Waals surface area contributed by atoms with Crippen LogP contribution >= 0.6 is 0 Å². The summed E-state index contributed by atoms with van der Waals surface area (Å²) >= 11 is 0. The number of furan rings is 1. The summed E-state index contributed by atoms with van der Waals surface area (Å²) in [4.78, 5) is 15.1. The molecule has 0 radical (unpaired) electrons. The number of aryl methyl sites for hydroxylation is 3. The Morgan fingerprint density at radius 1 is 1.03 bits per heavy atom. The van der Waals surface area contributed by atoms with E-state index in [1.54, 1.807) is 0 Å². The molecule has 4 heterocycles. The van der Waals surface area contributed by atoms with Gasteiger partial charge in [0.15, 0.2) is 0 Å². The normalized spacial score (nSPS) is 21.4. The Balaban J connectivity index is 1.55. The average Bonchev–Trinajstić information content (AvgIpc) is 3.24. The molecular weight excluding hydrogens is 418 g/mol. The molecule has 4 aromatic rings. The minimum absolute atomic E-state index is 0.110. The van der Waals surface area contributed by atoms with Gasteiger partial charge in [-0.2, -0.15) is 0 Å². The van der Waals surface area contributed by atoms with E-state index in [1.807, 2.05) is 13.0 Å². The van der Waals surface area contributed by atoms with Gasteiger partial charge in [-0.25, -0.2) is 4.98 Å². The number of fused-ring (bicyclic) bond motifs is 7. The van der Waals surface area contributed by atoms with E-state index in [0.29, 0.717) is 5.71 Å². The van der Waals surface area contributed by atoms with Crippen LogP contribution in [0.15, 0.2) is 81.8 Å². The number of allylic oxidation sites excluding steroid dienone is 1. The highest BCUT2D eigenvalue weighted by atomic mass is 16.3. The SMILES string of the molecule is C=CC1=NC2C(=C)/N=C(/C)c3cc4c(nc3CCC2c2ccccc21)oc1c(C)ccc(C)c14. The summed E-state index contributed by atoms with van der Waals surface area (Å²) < 4.78 is 6.28. The molecule has 0 aliphatic carbocycles. The van der Waals surface area contributed by atoms with E-state index in [1.165, 1.54) is 11.1 Å². The fraction of sp³-hybridized carbons (Fsp3) is 0.233. The van der Waals surface area contributed by atoms with Crippen LogP contribution in [0.2, 0.25) is 0 Å². The molecule has 0 amide bonds. The zero-order chi connectivity index (χ0) is 23.6. The van der Waals surface area contributed by atoms with E-state index >= 15 is 0 Å². The van der Waals surface area contributed by atoms with Crippen molar-refractivity contribution in [3.05, 3.63) is 101 Å². The fourth-order valence-corrected chi connectivity index (χ4v) is 5.59. The van der Waals surface area contributed by atoms with E-state index in [2.05, 4.69) is 69.5 Å². The van der Waals surface area contributed by atoms with Crippen LogP contribution in [-0.4, -0.2) is 22.4 Å². The number of aliphatic imine (C=N–C) groups is 2. The molecule has 168 valence electrons. The first kappa shape index (κ1) is 20.8. The molecule has 0 N–H and O–H groups in total. The maximum atomic E-state index is 6.28. The molecule has 34 heavy (non-hydrogen) atoms. The van der Waals surface area contributed by atoms with Crippen molar-refractivity contribution in [1.82, 2.24) is 4.98 Å². The third-order valence-electron chi connectivity index (χ3n) is 7.32. The molecule has 2 aliphatic heterocycles. The Kier molecular flexibility index (Phi) is 4.66. The van der Waals surface area contributed by atoms with Gasteiger partial charge in [0.05, 0.1) is 23.1 Å². The maximum Gasteiger partial charge on any atom is 0.227 e. The van der Waals surface area contributed by atoms with Crippen molar-refractivity contribution in [3.63, 3.8) is 0 Å². The van der Waals surface area contributed by atoms with Crippen LogP contribution < -0.4 is 0 Å². The van der Waals surface area contributed by atoms with Crippen LogP contribution in [0.1, 0.15) is 52.8 Å². The van der Waals surface area contributed by atoms with Crippen LogP contribution in [0.5, 0.6) is 0 Å². The summed E-state index contributed by atoms with van der Waals surface area (Å²) in [6, 6.07) is 14.8. The lowest BCUT2D eigenvalue weighted by Crippen LogP contribution is -2.27. The predicted molar refractivity (Wildman–Crippen MR) is 140 cm³/mol. The standard InChI is InChI=1S/C30H27N3O/c1-6-25-21-10-8-7-9-20(21)22-13-14-26-23(18(4)31-19(5)28(22)32-25)15-24-27-16(2)11-12-17(3)29(27)34-30(24)33-26/h6-12,15,22,28H,1,5,13-14H2,2-4H3/b31-18-. The van der Waals surface area contributed by atoms with Gasteiger partial charge in [-0.15, -0.1) is 0 Å². The van der Waals surface area contributed by atoms with Crippen molar-refractivity contribution in [2.24, 2.45) is 9.98 Å². The summed E-state index contributed by atoms with van der Waals surface area (Å²) in [7, 11) is 0. The Morgan fingerprint density at radius 2 is 1.82 bits per heavy atom. The molecular formula is C30H27N3O. The van der Waals surface area contributed by atoms with Crippen molar-refractivity contribution in [3.8, 4) is 0 Å². The van der Waals surface area contributed by atoms with E-state index in [0.717, 1.165) is 68.7 Å². The first-order valence-electron chi connectivity index (χ1n) is 11.8. The van der Waals surface area contributed by atoms with E-state index in [9.17, 15) is 0 Å². The maximum absolute atomic E-state index is 6.28. The molecule has 2 aromatic carbocycles. The second-order valence-electron chi connectivity index (χ2n) is 9.43. The van der Waals surface area contributed by atoms with Gasteiger partial charge < -0.3 is 4.42 Å². The minimum Gasteiger partial charge on any atom is -0.437 e. The van der Waals surface area contributed by atoms with Crippen molar-refractivity contribution in [1.29, 1.82) is 0 Å². The number of rotatable bonds is 1. The molecule has 0 fully saturated rings. The van der Waals surface area contributed by atoms with E-state index in [-0.39, 0.29) is 12.0 Å². The van der Waals surface area contributed by atoms with Gasteiger partial charge in [-0.05, 0) is 62.4 Å². The third kappa shape index (κ3) is 3.02. The van der Waals surface area contributed by atoms with Crippen molar-refractivity contribution in [2.45, 2.75) is 45.6 Å². The molecule has 0 spiro atoms. The average molecular weight is 446 g/mol. The first-order chi connectivity index (χ1) is 16.5. The summed E-state index contributed by atoms with van der Waals surface area (Å²) in [6.45, 7) is 14.6. The summed E-state index contributed by atoms with van der Waals surface area (Å²) in [5, 5.41) is 2.18. The molecule has 4 nitrogen and oxygen atoms in total. The Bertz CT molecular complexity index is 1580. The molecule has 0 bridgehead atoms. The lowest BCUT2D eigenvalue weighted by molar-refractivity contribution is 0.537. The molecule has 2 aliphatic rings. The quantitative estimate of drug-likeness (QED) is 0.316. The number of pyridine rings is 1. The predicted octanol–water partition coefficient (Wildman–Crippen LogP) is 7.01. The Labute approximate surface area is 199 Å². The molecule has 6 rings (SSSR count). The zero-order valence-corrected chi connectivity index (χ0v) is 19.9. The highest BCUT2D eigenvalue weighted by Crippen LogP contribution is 2.40. The number of hydrogen-bond acceptors (Lipinski definition) is 4. The Hall–Kier alpha value is -3.79. The third-order valence-corrected chi connectivity index (χ3v) is 7.32. The van der Waals surface area contributed by atoms with Crippen LogP contribution in [0.3, 0.4) is 0 Å². The topological polar surface area (TPSA) is 50.8 Å². The monoisotopic (exact) mass is 445 g/mol. The Morgan fingerprint density at radius 3 is 2.65 bits per heavy atom. The van der Waals surface area contributed by atoms with Gasteiger partial charge in [0, 0.05) is 33.5 Å². The van der Waals surface area contributed by atoms with Gasteiger partial charge in [0.2, 0.25) is 5.71 Å². The van der Waals surface area contributed by atoms with Crippen LogP contribution in [0, 0.1) is 13.8 Å². The van der Waals surface area contributed by atoms with Crippen LogP contribution in [0.4, 0.5) is 0 Å². The second-order valence-corrected chi connectivity index (χ2v) is 9.43. The summed E-state index contributed by atoms with van der Waals surface area (Å²) in [5.41, 5.74) is 11.1. The number of benzene rings is 2. The molecule has 4 heteroatoms. The van der Waals surface area contributed by atoms with Crippen LogP contribution in [0.25, 0.3) is 22.1 Å². The van der Waals surface area contributed by atoms with Crippen LogP contribution in [-0.2, 0) is 6.42 Å². The van der Waals surface area contributed by atoms with E-state index in [4.69, 9.17) is 19.4 Å². The molecule has 0 saturated carbocycles. The van der Waals surface area contributed by atoms with E-state index < -0.39 is 0 Å². The number of nitrogens with zero attached hydrogens (tertiary/aromatic N) is 3. The molecule has 2 aromatic heterocycles. The van der Waals surface area contributed by atoms with Crippen molar-refractivity contribution < 1.29 is 4.42 Å². The molecule has 2 atom stereocenters. The largest absolute Gasteiger partial charge is 0.437 e. The lowest BCUT2D eigenvalue weighted by atomic mass is 9.80. The van der Waals surface area contributed by atoms with Gasteiger partial charge in [0.25, 0.3) is 0 Å². The minimum atomic E-state index is -0.110. The van der Waals surface area contributed by atoms with Gasteiger partial charge in [-0.3, -0.25) is 9.98 Å². The van der Waals surface area contributed by atoms with Gasteiger partial charge >= 0.3 is 0 Å². The zero-order valence-electron chi connectivity index (χ0n) is 19.9. The molecule has 2 unspecified atom stereocenters. The smallest absolute Gasteiger partial charge is 0.227 e. The highest BCUT2D eigenvalue weighted by molar-refractivity contribution is 6.11. The van der Waals surface area contributed by atoms with Crippen molar-refractivity contribution >= 4 is 33.5 Å². The highest BCUT2D eigenvalue weighted by Gasteiger charge is 2.33. The van der Waals surface area contributed by atoms with Gasteiger partial charge in [0.1, 0.15) is 5.58 Å². The first-order valence-corrected chi connectivity index (χ1v) is 11.8. The number of aromatic nitrogens is 1. The summed E-state index contributed by atoms with van der Waals surface area (Å²) in [6.07, 6.45) is 3.56. The van der Waals surface area contributed by atoms with Gasteiger partial charge in [-0.1, -0.05) is 49.6 Å². The van der Waals surface area contributed by atoms with Crippen molar-refractivity contribution in [2.75, 3.05) is 0 Å². The number of hydrogen-bond donors (Lipinski definition) is 0.